The summed E-state index contributed by atoms with van der Waals surface area (Å²) in [6.45, 7) is 0.470. The second kappa shape index (κ2) is 11.9. The molecule has 5 rings (SSSR count). The lowest BCUT2D eigenvalue weighted by molar-refractivity contribution is 0.276. The van der Waals surface area contributed by atoms with E-state index >= 15 is 0 Å². The molecule has 0 unspecified atom stereocenters. The van der Waals surface area contributed by atoms with Crippen molar-refractivity contribution >= 4 is 34.4 Å². The van der Waals surface area contributed by atoms with Crippen molar-refractivity contribution in [3.63, 3.8) is 0 Å². The van der Waals surface area contributed by atoms with Crippen LogP contribution in [-0.4, -0.2) is 26.8 Å². The first kappa shape index (κ1) is 24.8. The van der Waals surface area contributed by atoms with Crippen molar-refractivity contribution in [2.24, 2.45) is 0 Å². The molecule has 0 aliphatic heterocycles. The molecule has 0 amide bonds. The first-order chi connectivity index (χ1) is 18.2. The average molecular weight is 509 g/mol. The Kier molecular flexibility index (Phi) is 7.96. The van der Waals surface area contributed by atoms with E-state index in [-0.39, 0.29) is 19.3 Å². The predicted molar refractivity (Wildman–Crippen MR) is 150 cm³/mol. The number of para-hydroxylation sites is 1. The Labute approximate surface area is 220 Å². The van der Waals surface area contributed by atoms with Crippen LogP contribution in [0.15, 0.2) is 113 Å². The lowest BCUT2D eigenvalue weighted by Crippen LogP contribution is -2.17. The van der Waals surface area contributed by atoms with Crippen LogP contribution in [0.4, 0.5) is 11.8 Å². The molecular formula is C30H28N4O2S. The number of benzene rings is 4. The molecule has 1 atom stereocenters. The summed E-state index contributed by atoms with van der Waals surface area (Å²) in [4.78, 5) is 11.6. The highest BCUT2D eigenvalue weighted by Crippen LogP contribution is 2.33. The van der Waals surface area contributed by atoms with E-state index < -0.39 is 0 Å². The van der Waals surface area contributed by atoms with Gasteiger partial charge < -0.3 is 20.8 Å². The van der Waals surface area contributed by atoms with Gasteiger partial charge in [0.1, 0.15) is 5.82 Å². The highest BCUT2D eigenvalue weighted by molar-refractivity contribution is 7.99. The van der Waals surface area contributed by atoms with E-state index in [0.717, 1.165) is 37.4 Å². The number of fused-ring (bicyclic) bond motifs is 1. The number of hydrogen-bond donors (Lipinski definition) is 4. The standard InChI is InChI=1S/C30H28N4O2S/c35-19-23-13-5-9-17-28(23)37-27-16-8-4-12-22(27)18-31-30-33-25-15-7-6-14-24(25)29(34-30)32-26(20-36)21-10-2-1-3-11-21/h1-17,26,35-36H,18-20H2,(H2,31,32,33,34)/t26-/m0/s1. The van der Waals surface area contributed by atoms with Crippen molar-refractivity contribution < 1.29 is 10.2 Å². The van der Waals surface area contributed by atoms with Crippen LogP contribution in [0, 0.1) is 0 Å². The Hall–Kier alpha value is -3.91. The maximum absolute atomic E-state index is 10.1. The number of nitrogens with zero attached hydrogens (tertiary/aromatic N) is 2. The van der Waals surface area contributed by atoms with E-state index in [1.807, 2.05) is 91.0 Å². The maximum atomic E-state index is 10.1. The van der Waals surface area contributed by atoms with E-state index in [4.69, 9.17) is 9.97 Å². The summed E-state index contributed by atoms with van der Waals surface area (Å²) in [5, 5.41) is 27.5. The van der Waals surface area contributed by atoms with Crippen LogP contribution < -0.4 is 10.6 Å². The third-order valence-electron chi connectivity index (χ3n) is 6.07. The zero-order valence-corrected chi connectivity index (χ0v) is 21.0. The van der Waals surface area contributed by atoms with Gasteiger partial charge in [-0.1, -0.05) is 90.6 Å². The van der Waals surface area contributed by atoms with Gasteiger partial charge >= 0.3 is 0 Å². The summed E-state index contributed by atoms with van der Waals surface area (Å²) in [5.41, 5.74) is 3.80. The lowest BCUT2D eigenvalue weighted by Gasteiger charge is -2.19. The van der Waals surface area contributed by atoms with E-state index in [2.05, 4.69) is 22.8 Å². The monoisotopic (exact) mass is 508 g/mol. The molecule has 0 fully saturated rings. The quantitative estimate of drug-likeness (QED) is 0.183. The molecule has 0 aliphatic rings. The Morgan fingerprint density at radius 2 is 1.35 bits per heavy atom. The van der Waals surface area contributed by atoms with Gasteiger partial charge in [-0.3, -0.25) is 0 Å². The minimum absolute atomic E-state index is 0.00210. The van der Waals surface area contributed by atoms with Crippen molar-refractivity contribution in [2.75, 3.05) is 17.2 Å². The van der Waals surface area contributed by atoms with Crippen molar-refractivity contribution in [1.29, 1.82) is 0 Å². The molecule has 0 saturated heterocycles. The summed E-state index contributed by atoms with van der Waals surface area (Å²) in [6, 6.07) is 33.5. The molecular weight excluding hydrogens is 480 g/mol. The summed E-state index contributed by atoms with van der Waals surface area (Å²) < 4.78 is 0. The van der Waals surface area contributed by atoms with Crippen molar-refractivity contribution in [2.45, 2.75) is 29.0 Å². The smallest absolute Gasteiger partial charge is 0.225 e. The molecule has 37 heavy (non-hydrogen) atoms. The Morgan fingerprint density at radius 1 is 0.703 bits per heavy atom. The van der Waals surface area contributed by atoms with E-state index in [1.54, 1.807) is 11.8 Å². The summed E-state index contributed by atoms with van der Waals surface area (Å²) >= 11 is 1.63. The Balaban J connectivity index is 1.40. The molecule has 7 heteroatoms. The SMILES string of the molecule is OCc1ccccc1Sc1ccccc1CNc1nc(N[C@@H](CO)c2ccccc2)c2ccccc2n1. The summed E-state index contributed by atoms with van der Waals surface area (Å²) in [6.07, 6.45) is 0. The summed E-state index contributed by atoms with van der Waals surface area (Å²) in [7, 11) is 0. The third kappa shape index (κ3) is 5.91. The van der Waals surface area contributed by atoms with Gasteiger partial charge in [0.05, 0.1) is 24.8 Å². The first-order valence-corrected chi connectivity index (χ1v) is 12.9. The molecule has 0 radical (unpaired) electrons. The van der Waals surface area contributed by atoms with Gasteiger partial charge in [0.25, 0.3) is 0 Å². The molecule has 0 bridgehead atoms. The Morgan fingerprint density at radius 3 is 2.11 bits per heavy atom. The predicted octanol–water partition coefficient (Wildman–Crippen LogP) is 6.03. The fourth-order valence-electron chi connectivity index (χ4n) is 4.13. The molecule has 0 spiro atoms. The zero-order chi connectivity index (χ0) is 25.5. The highest BCUT2D eigenvalue weighted by atomic mass is 32.2. The topological polar surface area (TPSA) is 90.3 Å². The van der Waals surface area contributed by atoms with Crippen LogP contribution in [0.25, 0.3) is 10.9 Å². The fourth-order valence-corrected chi connectivity index (χ4v) is 5.19. The van der Waals surface area contributed by atoms with Crippen molar-refractivity contribution in [1.82, 2.24) is 9.97 Å². The molecule has 6 nitrogen and oxygen atoms in total. The first-order valence-electron chi connectivity index (χ1n) is 12.1. The van der Waals surface area contributed by atoms with Crippen molar-refractivity contribution in [3.05, 3.63) is 120 Å². The average Bonchev–Trinajstić information content (AvgIpc) is 2.96. The number of rotatable bonds is 10. The van der Waals surface area contributed by atoms with Gasteiger partial charge in [0.2, 0.25) is 5.95 Å². The van der Waals surface area contributed by atoms with Crippen LogP contribution in [-0.2, 0) is 13.2 Å². The maximum Gasteiger partial charge on any atom is 0.225 e. The van der Waals surface area contributed by atoms with Gasteiger partial charge in [-0.15, -0.1) is 0 Å². The molecule has 4 N–H and O–H groups in total. The third-order valence-corrected chi connectivity index (χ3v) is 7.31. The van der Waals surface area contributed by atoms with Crippen molar-refractivity contribution in [3.8, 4) is 0 Å². The van der Waals surface area contributed by atoms with Gasteiger partial charge in [-0.05, 0) is 41.0 Å². The molecule has 0 aliphatic carbocycles. The number of hydrogen-bond acceptors (Lipinski definition) is 7. The van der Waals surface area contributed by atoms with Gasteiger partial charge in [0, 0.05) is 21.7 Å². The molecule has 1 heterocycles. The summed E-state index contributed by atoms with van der Waals surface area (Å²) in [5.74, 6) is 1.16. The zero-order valence-electron chi connectivity index (χ0n) is 20.2. The molecule has 5 aromatic rings. The van der Waals surface area contributed by atoms with Crippen LogP contribution in [0.2, 0.25) is 0 Å². The van der Waals surface area contributed by atoms with Crippen LogP contribution in [0.1, 0.15) is 22.7 Å². The number of aliphatic hydroxyl groups is 2. The molecule has 4 aromatic carbocycles. The van der Waals surface area contributed by atoms with Crippen LogP contribution in [0.5, 0.6) is 0 Å². The second-order valence-corrected chi connectivity index (χ2v) is 9.62. The normalized spacial score (nSPS) is 11.8. The minimum Gasteiger partial charge on any atom is -0.394 e. The largest absolute Gasteiger partial charge is 0.394 e. The number of aliphatic hydroxyl groups excluding tert-OH is 2. The number of anilines is 2. The second-order valence-electron chi connectivity index (χ2n) is 8.53. The highest BCUT2D eigenvalue weighted by Gasteiger charge is 2.15. The van der Waals surface area contributed by atoms with Crippen LogP contribution >= 0.6 is 11.8 Å². The van der Waals surface area contributed by atoms with Crippen LogP contribution in [0.3, 0.4) is 0 Å². The minimum atomic E-state index is -0.295. The Bertz CT molecular complexity index is 1480. The fraction of sp³-hybridized carbons (Fsp3) is 0.133. The lowest BCUT2D eigenvalue weighted by atomic mass is 10.1. The number of aromatic nitrogens is 2. The molecule has 186 valence electrons. The van der Waals surface area contributed by atoms with Gasteiger partial charge in [-0.25, -0.2) is 4.98 Å². The van der Waals surface area contributed by atoms with E-state index in [1.165, 1.54) is 0 Å². The van der Waals surface area contributed by atoms with Gasteiger partial charge in [0.15, 0.2) is 0 Å². The van der Waals surface area contributed by atoms with Gasteiger partial charge in [-0.2, -0.15) is 4.98 Å². The number of nitrogens with one attached hydrogen (secondary N) is 2. The molecule has 1 aromatic heterocycles. The molecule has 0 saturated carbocycles. The van der Waals surface area contributed by atoms with E-state index in [0.29, 0.717) is 18.3 Å². The van der Waals surface area contributed by atoms with E-state index in [9.17, 15) is 10.2 Å².